The number of nitrogens with one attached hydrogen (secondary N) is 1. The average Bonchev–Trinajstić information content (AvgIpc) is 2.86. The van der Waals surface area contributed by atoms with Gasteiger partial charge >= 0.3 is 0 Å². The first-order valence-electron chi connectivity index (χ1n) is 7.06. The lowest BCUT2D eigenvalue weighted by Gasteiger charge is -2.20. The van der Waals surface area contributed by atoms with Gasteiger partial charge in [-0.25, -0.2) is 0 Å². The van der Waals surface area contributed by atoms with Gasteiger partial charge in [-0.15, -0.1) is 0 Å². The maximum atomic E-state index is 5.77. The van der Waals surface area contributed by atoms with Crippen LogP contribution in [0.5, 0.6) is 0 Å². The zero-order valence-corrected chi connectivity index (χ0v) is 14.4. The van der Waals surface area contributed by atoms with Gasteiger partial charge in [0.15, 0.2) is 0 Å². The van der Waals surface area contributed by atoms with Crippen molar-refractivity contribution in [1.82, 2.24) is 5.32 Å². The van der Waals surface area contributed by atoms with Gasteiger partial charge in [0.05, 0.1) is 26.0 Å². The molecule has 0 radical (unpaired) electrons. The highest BCUT2D eigenvalue weighted by Crippen LogP contribution is 2.15. The average molecular weight is 352 g/mol. The molecule has 0 atom stereocenters. The molecule has 0 bridgehead atoms. The van der Waals surface area contributed by atoms with Crippen molar-refractivity contribution in [2.75, 3.05) is 0 Å². The Labute approximate surface area is 134 Å². The number of hydrogen-bond acceptors (Lipinski definition) is 3. The maximum Gasteiger partial charge on any atom is 0.123 e. The smallest absolute Gasteiger partial charge is 0.123 e. The molecule has 1 aromatic heterocycles. The van der Waals surface area contributed by atoms with E-state index in [0.29, 0.717) is 19.8 Å². The number of halogens is 1. The summed E-state index contributed by atoms with van der Waals surface area (Å²) in [4.78, 5) is 0. The van der Waals surface area contributed by atoms with Crippen LogP contribution < -0.4 is 5.32 Å². The third kappa shape index (κ3) is 5.65. The molecule has 1 aromatic carbocycles. The molecule has 1 N–H and O–H groups in total. The second kappa shape index (κ2) is 7.25. The van der Waals surface area contributed by atoms with Crippen LogP contribution in [-0.4, -0.2) is 5.54 Å². The van der Waals surface area contributed by atoms with Crippen LogP contribution in [0.2, 0.25) is 0 Å². The lowest BCUT2D eigenvalue weighted by molar-refractivity contribution is 0.105. The summed E-state index contributed by atoms with van der Waals surface area (Å²) < 4.78 is 12.4. The normalized spacial score (nSPS) is 11.8. The summed E-state index contributed by atoms with van der Waals surface area (Å²) in [5.41, 5.74) is 2.34. The first-order valence-corrected chi connectivity index (χ1v) is 7.86. The van der Waals surface area contributed by atoms with E-state index in [-0.39, 0.29) is 5.54 Å². The number of hydrogen-bond donors (Lipinski definition) is 1. The van der Waals surface area contributed by atoms with E-state index in [4.69, 9.17) is 9.15 Å². The summed E-state index contributed by atoms with van der Waals surface area (Å²) in [5.74, 6) is 0.945. The monoisotopic (exact) mass is 351 g/mol. The summed E-state index contributed by atoms with van der Waals surface area (Å²) in [6, 6.07) is 10.1. The lowest BCUT2D eigenvalue weighted by Crippen LogP contribution is -2.35. The van der Waals surface area contributed by atoms with E-state index < -0.39 is 0 Å². The largest absolute Gasteiger partial charge is 0.468 e. The Bertz CT molecular complexity index is 555. The van der Waals surface area contributed by atoms with Crippen molar-refractivity contribution < 1.29 is 9.15 Å². The second-order valence-electron chi connectivity index (χ2n) is 6.09. The van der Waals surface area contributed by atoms with Crippen LogP contribution in [0.4, 0.5) is 0 Å². The molecular weight excluding hydrogens is 330 g/mol. The Hall–Kier alpha value is -1.10. The van der Waals surface area contributed by atoms with Crippen LogP contribution in [0.3, 0.4) is 0 Å². The predicted molar refractivity (Wildman–Crippen MR) is 87.9 cm³/mol. The van der Waals surface area contributed by atoms with Crippen molar-refractivity contribution in [3.8, 4) is 0 Å². The second-order valence-corrected chi connectivity index (χ2v) is 7.01. The molecule has 2 rings (SSSR count). The van der Waals surface area contributed by atoms with Gasteiger partial charge in [0.1, 0.15) is 5.76 Å². The van der Waals surface area contributed by atoms with Crippen LogP contribution in [0.15, 0.2) is 45.5 Å². The molecule has 4 heteroatoms. The molecule has 3 nitrogen and oxygen atoms in total. The van der Waals surface area contributed by atoms with E-state index in [9.17, 15) is 0 Å². The van der Waals surface area contributed by atoms with Gasteiger partial charge in [-0.1, -0.05) is 28.1 Å². The van der Waals surface area contributed by atoms with E-state index in [2.05, 4.69) is 54.2 Å². The molecule has 0 fully saturated rings. The van der Waals surface area contributed by atoms with Gasteiger partial charge in [0, 0.05) is 15.6 Å². The van der Waals surface area contributed by atoms with Crippen LogP contribution in [0.25, 0.3) is 0 Å². The highest BCUT2D eigenvalue weighted by Gasteiger charge is 2.12. The lowest BCUT2D eigenvalue weighted by atomic mass is 10.1. The zero-order chi connectivity index (χ0) is 15.3. The van der Waals surface area contributed by atoms with Gasteiger partial charge in [0.25, 0.3) is 0 Å². The van der Waals surface area contributed by atoms with E-state index in [1.165, 1.54) is 0 Å². The Kier molecular flexibility index (Phi) is 5.62. The van der Waals surface area contributed by atoms with E-state index in [1.807, 2.05) is 18.2 Å². The van der Waals surface area contributed by atoms with Gasteiger partial charge in [-0.3, -0.25) is 0 Å². The summed E-state index contributed by atoms with van der Waals surface area (Å²) in [7, 11) is 0. The van der Waals surface area contributed by atoms with Crippen molar-refractivity contribution in [1.29, 1.82) is 0 Å². The van der Waals surface area contributed by atoms with E-state index in [0.717, 1.165) is 21.4 Å². The van der Waals surface area contributed by atoms with Crippen molar-refractivity contribution in [3.05, 3.63) is 58.0 Å². The Morgan fingerprint density at radius 3 is 2.48 bits per heavy atom. The summed E-state index contributed by atoms with van der Waals surface area (Å²) >= 11 is 3.43. The number of furan rings is 1. The number of ether oxygens (including phenoxy) is 1. The van der Waals surface area contributed by atoms with Gasteiger partial charge in [-0.05, 0) is 44.5 Å². The molecule has 2 aromatic rings. The first-order chi connectivity index (χ1) is 9.94. The minimum atomic E-state index is 0.0718. The van der Waals surface area contributed by atoms with E-state index >= 15 is 0 Å². The van der Waals surface area contributed by atoms with Crippen LogP contribution in [-0.2, 0) is 24.5 Å². The fourth-order valence-corrected chi connectivity index (χ4v) is 2.12. The highest BCUT2D eigenvalue weighted by molar-refractivity contribution is 9.10. The topological polar surface area (TPSA) is 34.4 Å². The SMILES string of the molecule is CC(C)(C)NCc1occc1COCc1ccc(Br)cc1. The summed E-state index contributed by atoms with van der Waals surface area (Å²) in [6.45, 7) is 8.30. The zero-order valence-electron chi connectivity index (χ0n) is 12.8. The molecule has 0 saturated heterocycles. The maximum absolute atomic E-state index is 5.77. The van der Waals surface area contributed by atoms with E-state index in [1.54, 1.807) is 6.26 Å². The van der Waals surface area contributed by atoms with Crippen LogP contribution in [0.1, 0.15) is 37.7 Å². The molecule has 0 amide bonds. The quantitative estimate of drug-likeness (QED) is 0.822. The van der Waals surface area contributed by atoms with Crippen molar-refractivity contribution in [2.45, 2.75) is 46.1 Å². The van der Waals surface area contributed by atoms with Crippen LogP contribution in [0, 0.1) is 0 Å². The molecule has 0 spiro atoms. The van der Waals surface area contributed by atoms with Gasteiger partial charge in [0.2, 0.25) is 0 Å². The minimum Gasteiger partial charge on any atom is -0.468 e. The molecule has 1 heterocycles. The molecular formula is C17H22BrNO2. The van der Waals surface area contributed by atoms with Crippen molar-refractivity contribution >= 4 is 15.9 Å². The molecule has 0 unspecified atom stereocenters. The van der Waals surface area contributed by atoms with Crippen molar-refractivity contribution in [2.24, 2.45) is 0 Å². The van der Waals surface area contributed by atoms with Gasteiger partial charge in [-0.2, -0.15) is 0 Å². The highest BCUT2D eigenvalue weighted by atomic mass is 79.9. The first kappa shape index (κ1) is 16.3. The van der Waals surface area contributed by atoms with Crippen molar-refractivity contribution in [3.63, 3.8) is 0 Å². The summed E-state index contributed by atoms with van der Waals surface area (Å²) in [6.07, 6.45) is 1.72. The molecule has 0 aliphatic rings. The molecule has 21 heavy (non-hydrogen) atoms. The third-order valence-electron chi connectivity index (χ3n) is 3.06. The number of rotatable bonds is 6. The number of benzene rings is 1. The Morgan fingerprint density at radius 2 is 1.81 bits per heavy atom. The fourth-order valence-electron chi connectivity index (χ4n) is 1.86. The third-order valence-corrected chi connectivity index (χ3v) is 3.59. The molecule has 0 aliphatic carbocycles. The standard InChI is InChI=1S/C17H22BrNO2/c1-17(2,3)19-10-16-14(8-9-21-16)12-20-11-13-4-6-15(18)7-5-13/h4-9,19H,10-12H2,1-3H3. The Balaban J connectivity index is 1.83. The fraction of sp³-hybridized carbons (Fsp3) is 0.412. The van der Waals surface area contributed by atoms with Gasteiger partial charge < -0.3 is 14.5 Å². The molecule has 0 saturated carbocycles. The molecule has 114 valence electrons. The predicted octanol–water partition coefficient (Wildman–Crippen LogP) is 4.65. The van der Waals surface area contributed by atoms with Crippen LogP contribution >= 0.6 is 15.9 Å². The summed E-state index contributed by atoms with van der Waals surface area (Å²) in [5, 5.41) is 3.42. The Morgan fingerprint density at radius 1 is 1.10 bits per heavy atom. The minimum absolute atomic E-state index is 0.0718. The molecule has 0 aliphatic heterocycles.